The maximum atomic E-state index is 13.2. The summed E-state index contributed by atoms with van der Waals surface area (Å²) in [4.78, 5) is 14.9. The Bertz CT molecular complexity index is 625. The van der Waals surface area contributed by atoms with E-state index in [1.54, 1.807) is 17.0 Å². The van der Waals surface area contributed by atoms with Crippen molar-refractivity contribution < 1.29 is 9.18 Å². The first kappa shape index (κ1) is 15.2. The second kappa shape index (κ2) is 6.08. The highest BCUT2D eigenvalue weighted by molar-refractivity contribution is 7.20. The average molecular weight is 315 g/mol. The Kier molecular flexibility index (Phi) is 4.62. The van der Waals surface area contributed by atoms with Gasteiger partial charge in [0, 0.05) is 24.3 Å². The Labute approximate surface area is 127 Å². The number of carbonyl (C=O) groups is 1. The molecule has 3 rings (SSSR count). The lowest BCUT2D eigenvalue weighted by Gasteiger charge is -2.22. The van der Waals surface area contributed by atoms with Gasteiger partial charge >= 0.3 is 0 Å². The largest absolute Gasteiger partial charge is 0.337 e. The molecule has 0 radical (unpaired) electrons. The summed E-state index contributed by atoms with van der Waals surface area (Å²) in [7, 11) is 1.84. The minimum Gasteiger partial charge on any atom is -0.337 e. The van der Waals surface area contributed by atoms with E-state index in [0.29, 0.717) is 4.88 Å². The minimum atomic E-state index is -0.266. The molecule has 0 spiro atoms. The number of halogens is 2. The molecule has 0 saturated carbocycles. The molecule has 6 heteroatoms. The maximum Gasteiger partial charge on any atom is 0.263 e. The van der Waals surface area contributed by atoms with E-state index < -0.39 is 0 Å². The van der Waals surface area contributed by atoms with Crippen LogP contribution in [-0.4, -0.2) is 37.0 Å². The van der Waals surface area contributed by atoms with Crippen LogP contribution in [0, 0.1) is 5.82 Å². The first-order valence-electron chi connectivity index (χ1n) is 6.32. The van der Waals surface area contributed by atoms with Gasteiger partial charge in [0.05, 0.1) is 4.88 Å². The third-order valence-corrected chi connectivity index (χ3v) is 4.70. The van der Waals surface area contributed by atoms with Crippen LogP contribution >= 0.6 is 23.7 Å². The van der Waals surface area contributed by atoms with Crippen LogP contribution in [0.4, 0.5) is 4.39 Å². The first-order chi connectivity index (χ1) is 9.15. The van der Waals surface area contributed by atoms with E-state index in [2.05, 4.69) is 5.32 Å². The van der Waals surface area contributed by atoms with Crippen LogP contribution in [-0.2, 0) is 0 Å². The first-order valence-corrected chi connectivity index (χ1v) is 7.14. The molecule has 1 fully saturated rings. The van der Waals surface area contributed by atoms with Crippen LogP contribution in [0.15, 0.2) is 24.3 Å². The fourth-order valence-electron chi connectivity index (χ4n) is 2.43. The molecule has 20 heavy (non-hydrogen) atoms. The fourth-order valence-corrected chi connectivity index (χ4v) is 3.46. The Balaban J connectivity index is 0.00000147. The highest BCUT2D eigenvalue weighted by Crippen LogP contribution is 2.27. The average Bonchev–Trinajstić information content (AvgIpc) is 3.05. The second-order valence-corrected chi connectivity index (χ2v) is 5.94. The zero-order valence-corrected chi connectivity index (χ0v) is 12.7. The van der Waals surface area contributed by atoms with Crippen molar-refractivity contribution in [2.24, 2.45) is 0 Å². The van der Waals surface area contributed by atoms with Gasteiger partial charge in [-0.2, -0.15) is 0 Å². The molecule has 0 aliphatic carbocycles. The number of hydrogen-bond acceptors (Lipinski definition) is 3. The van der Waals surface area contributed by atoms with Gasteiger partial charge < -0.3 is 10.2 Å². The summed E-state index contributed by atoms with van der Waals surface area (Å²) >= 11 is 1.42. The topological polar surface area (TPSA) is 32.3 Å². The lowest BCUT2D eigenvalue weighted by Crippen LogP contribution is -2.37. The zero-order chi connectivity index (χ0) is 13.4. The third-order valence-electron chi connectivity index (χ3n) is 3.59. The van der Waals surface area contributed by atoms with Gasteiger partial charge in [-0.15, -0.1) is 23.7 Å². The number of amides is 1. The summed E-state index contributed by atoms with van der Waals surface area (Å²) in [5, 5.41) is 4.05. The predicted octanol–water partition coefficient (Wildman–Crippen LogP) is 2.90. The number of nitrogens with zero attached hydrogens (tertiary/aromatic N) is 1. The molecule has 1 aromatic carbocycles. The summed E-state index contributed by atoms with van der Waals surface area (Å²) < 4.78 is 14.1. The summed E-state index contributed by atoms with van der Waals surface area (Å²) in [5.74, 6) is -0.243. The van der Waals surface area contributed by atoms with E-state index in [9.17, 15) is 9.18 Å². The lowest BCUT2D eigenvalue weighted by atomic mass is 10.2. The SMILES string of the molecule is CN(C(=O)c1cc2cc(F)ccc2s1)C1CCNC1.Cl. The molecule has 0 bridgehead atoms. The summed E-state index contributed by atoms with van der Waals surface area (Å²) in [6, 6.07) is 6.67. The third kappa shape index (κ3) is 2.80. The van der Waals surface area contributed by atoms with E-state index in [1.807, 2.05) is 7.05 Å². The fraction of sp³-hybridized carbons (Fsp3) is 0.357. The van der Waals surface area contributed by atoms with Gasteiger partial charge in [0.25, 0.3) is 5.91 Å². The normalized spacial score (nSPS) is 18.0. The lowest BCUT2D eigenvalue weighted by molar-refractivity contribution is 0.0749. The van der Waals surface area contributed by atoms with Crippen molar-refractivity contribution in [1.29, 1.82) is 0 Å². The zero-order valence-electron chi connectivity index (χ0n) is 11.1. The number of rotatable bonds is 2. The molecular weight excluding hydrogens is 299 g/mol. The van der Waals surface area contributed by atoms with Crippen molar-refractivity contribution in [3.05, 3.63) is 35.0 Å². The van der Waals surface area contributed by atoms with Crippen molar-refractivity contribution in [2.45, 2.75) is 12.5 Å². The van der Waals surface area contributed by atoms with E-state index >= 15 is 0 Å². The molecule has 1 N–H and O–H groups in total. The van der Waals surface area contributed by atoms with Gasteiger partial charge in [-0.1, -0.05) is 0 Å². The molecule has 1 aliphatic heterocycles. The van der Waals surface area contributed by atoms with Crippen LogP contribution < -0.4 is 5.32 Å². The van der Waals surface area contributed by atoms with Crippen LogP contribution in [0.3, 0.4) is 0 Å². The van der Waals surface area contributed by atoms with E-state index in [1.165, 1.54) is 23.5 Å². The number of hydrogen-bond donors (Lipinski definition) is 1. The highest BCUT2D eigenvalue weighted by atomic mass is 35.5. The smallest absolute Gasteiger partial charge is 0.263 e. The summed E-state index contributed by atoms with van der Waals surface area (Å²) in [5.41, 5.74) is 0. The van der Waals surface area contributed by atoms with Crippen molar-refractivity contribution >= 4 is 39.7 Å². The van der Waals surface area contributed by atoms with Gasteiger partial charge in [0.15, 0.2) is 0 Å². The van der Waals surface area contributed by atoms with Crippen molar-refractivity contribution in [1.82, 2.24) is 10.2 Å². The van der Waals surface area contributed by atoms with Crippen molar-refractivity contribution in [3.63, 3.8) is 0 Å². The van der Waals surface area contributed by atoms with Gasteiger partial charge in [0.2, 0.25) is 0 Å². The molecule has 1 saturated heterocycles. The molecule has 2 aromatic rings. The molecule has 1 unspecified atom stereocenters. The number of benzene rings is 1. The highest BCUT2D eigenvalue weighted by Gasteiger charge is 2.25. The molecule has 108 valence electrons. The number of nitrogens with one attached hydrogen (secondary N) is 1. The second-order valence-electron chi connectivity index (χ2n) is 4.86. The van der Waals surface area contributed by atoms with E-state index in [0.717, 1.165) is 29.6 Å². The van der Waals surface area contributed by atoms with E-state index in [4.69, 9.17) is 0 Å². The minimum absolute atomic E-state index is 0. The molecule has 1 aromatic heterocycles. The van der Waals surface area contributed by atoms with E-state index in [-0.39, 0.29) is 30.2 Å². The number of thiophene rings is 1. The van der Waals surface area contributed by atoms with Crippen molar-refractivity contribution in [3.8, 4) is 0 Å². The molecule has 1 atom stereocenters. The Hall–Kier alpha value is -1.17. The van der Waals surface area contributed by atoms with Crippen LogP contribution in [0.1, 0.15) is 16.1 Å². The van der Waals surface area contributed by atoms with Crippen LogP contribution in [0.5, 0.6) is 0 Å². The summed E-state index contributed by atoms with van der Waals surface area (Å²) in [6.07, 6.45) is 0.988. The monoisotopic (exact) mass is 314 g/mol. The number of fused-ring (bicyclic) bond motifs is 1. The summed E-state index contributed by atoms with van der Waals surface area (Å²) in [6.45, 7) is 1.81. The predicted molar refractivity (Wildman–Crippen MR) is 82.4 cm³/mol. The van der Waals surface area contributed by atoms with Crippen LogP contribution in [0.2, 0.25) is 0 Å². The molecule has 1 aliphatic rings. The van der Waals surface area contributed by atoms with Gasteiger partial charge in [0.1, 0.15) is 5.82 Å². The standard InChI is InChI=1S/C14H15FN2OS.ClH/c1-17(11-4-5-16-8-11)14(18)13-7-9-6-10(15)2-3-12(9)19-13;/h2-3,6-7,11,16H,4-5,8H2,1H3;1H. The van der Waals surface area contributed by atoms with Gasteiger partial charge in [-0.25, -0.2) is 4.39 Å². The molecule has 1 amide bonds. The van der Waals surface area contributed by atoms with Crippen molar-refractivity contribution in [2.75, 3.05) is 20.1 Å². The Morgan fingerprint density at radius 3 is 2.95 bits per heavy atom. The quantitative estimate of drug-likeness (QED) is 0.924. The molecular formula is C14H16ClFN2OS. The maximum absolute atomic E-state index is 13.2. The number of carbonyl (C=O) groups excluding carboxylic acids is 1. The van der Waals surface area contributed by atoms with Crippen LogP contribution in [0.25, 0.3) is 10.1 Å². The molecule has 3 nitrogen and oxygen atoms in total. The molecule has 2 heterocycles. The Morgan fingerprint density at radius 2 is 2.25 bits per heavy atom. The van der Waals surface area contributed by atoms with Gasteiger partial charge in [-0.3, -0.25) is 4.79 Å². The Morgan fingerprint density at radius 1 is 1.45 bits per heavy atom. The van der Waals surface area contributed by atoms with Gasteiger partial charge in [-0.05, 0) is 42.6 Å². The number of likely N-dealkylation sites (N-methyl/N-ethyl adjacent to an activating group) is 1.